The molecule has 0 unspecified atom stereocenters. The van der Waals surface area contributed by atoms with Crippen LogP contribution in [0.4, 0.5) is 4.79 Å². The van der Waals surface area contributed by atoms with E-state index in [-0.39, 0.29) is 25.1 Å². The van der Waals surface area contributed by atoms with E-state index in [4.69, 9.17) is 14.5 Å². The van der Waals surface area contributed by atoms with Crippen LogP contribution < -0.4 is 5.56 Å². The molecule has 6 rings (SSSR count). The molecule has 0 bridgehead atoms. The fraction of sp³-hybridized carbons (Fsp3) is 0.276. The first-order valence-corrected chi connectivity index (χ1v) is 12.7. The molecule has 4 aromatic rings. The zero-order valence-electron chi connectivity index (χ0n) is 21.1. The number of aromatic nitrogens is 3. The summed E-state index contributed by atoms with van der Waals surface area (Å²) in [6.45, 7) is 4.43. The number of benzene rings is 1. The van der Waals surface area contributed by atoms with Crippen molar-refractivity contribution < 1.29 is 19.1 Å². The maximum Gasteiger partial charge on any atom is 0.411 e. The Hall–Kier alpha value is -4.53. The Balaban J connectivity index is 1.44. The summed E-state index contributed by atoms with van der Waals surface area (Å²) >= 11 is 0. The highest BCUT2D eigenvalue weighted by molar-refractivity contribution is 5.88. The molecular weight excluding hydrogens is 484 g/mol. The molecule has 0 aliphatic carbocycles. The van der Waals surface area contributed by atoms with Gasteiger partial charge < -0.3 is 18.9 Å². The van der Waals surface area contributed by atoms with Crippen molar-refractivity contribution in [1.29, 1.82) is 0 Å². The largest absolute Gasteiger partial charge is 0.457 e. The summed E-state index contributed by atoms with van der Waals surface area (Å²) in [6, 6.07) is 15.2. The minimum Gasteiger partial charge on any atom is -0.457 e. The van der Waals surface area contributed by atoms with Crippen LogP contribution in [0.15, 0.2) is 65.7 Å². The van der Waals surface area contributed by atoms with E-state index in [1.54, 1.807) is 30.0 Å². The first-order valence-electron chi connectivity index (χ1n) is 12.7. The molecule has 1 aromatic carbocycles. The summed E-state index contributed by atoms with van der Waals surface area (Å²) in [7, 11) is 0. The van der Waals surface area contributed by atoms with E-state index >= 15 is 0 Å². The average molecular weight is 511 g/mol. The number of fused-ring (bicyclic) bond motifs is 5. The minimum absolute atomic E-state index is 0.109. The smallest absolute Gasteiger partial charge is 0.411 e. The van der Waals surface area contributed by atoms with E-state index in [9.17, 15) is 14.4 Å². The second kappa shape index (κ2) is 9.09. The van der Waals surface area contributed by atoms with Gasteiger partial charge in [-0.15, -0.1) is 0 Å². The summed E-state index contributed by atoms with van der Waals surface area (Å²) in [5.41, 5.74) is 2.56. The van der Waals surface area contributed by atoms with Crippen molar-refractivity contribution in [1.82, 2.24) is 19.4 Å². The lowest BCUT2D eigenvalue weighted by molar-refractivity contribution is -0.173. The van der Waals surface area contributed by atoms with Gasteiger partial charge in [0.2, 0.25) is 5.60 Å². The summed E-state index contributed by atoms with van der Waals surface area (Å²) in [5.74, 6) is -0.685. The number of nitrogens with zero attached hydrogens (tertiary/aromatic N) is 4. The highest BCUT2D eigenvalue weighted by Gasteiger charge is 2.51. The van der Waals surface area contributed by atoms with Crippen molar-refractivity contribution in [2.75, 3.05) is 6.54 Å². The molecule has 0 saturated carbocycles. The molecule has 2 aliphatic heterocycles. The van der Waals surface area contributed by atoms with E-state index in [0.29, 0.717) is 35.6 Å². The summed E-state index contributed by atoms with van der Waals surface area (Å²) in [5, 5.41) is 0.987. The highest BCUT2D eigenvalue weighted by Crippen LogP contribution is 2.41. The summed E-state index contributed by atoms with van der Waals surface area (Å²) in [6.07, 6.45) is 2.75. The van der Waals surface area contributed by atoms with Crippen molar-refractivity contribution in [2.24, 2.45) is 0 Å². The number of pyridine rings is 3. The number of carbonyl (C=O) groups is 2. The van der Waals surface area contributed by atoms with Crippen LogP contribution in [0.3, 0.4) is 0 Å². The Kier molecular flexibility index (Phi) is 5.71. The number of carbonyl (C=O) groups excluding carboxylic acids is 2. The normalized spacial score (nSPS) is 17.4. The number of amides is 1. The van der Waals surface area contributed by atoms with Crippen molar-refractivity contribution >= 4 is 23.0 Å². The van der Waals surface area contributed by atoms with Gasteiger partial charge in [0.25, 0.3) is 5.56 Å². The fourth-order valence-electron chi connectivity index (χ4n) is 5.31. The molecule has 2 aliphatic rings. The standard InChI is InChI=1S/C29H26N4O5/c1-3-29(38-28(36)32(4-2)15-18-9-11-30-12-10-18)22-14-24-25-20(13-19-7-5-6-8-23(19)31-25)16-33(24)26(34)21(22)17-37-27(29)35/h5-14H,3-4,15-17H2,1-2H3/t29-/m0/s1. The number of ether oxygens (including phenoxy) is 2. The zero-order chi connectivity index (χ0) is 26.4. The van der Waals surface area contributed by atoms with Gasteiger partial charge in [-0.1, -0.05) is 25.1 Å². The second-order valence-corrected chi connectivity index (χ2v) is 9.50. The van der Waals surface area contributed by atoms with Crippen molar-refractivity contribution in [2.45, 2.75) is 45.6 Å². The maximum atomic E-state index is 13.7. The monoisotopic (exact) mass is 510 g/mol. The number of para-hydroxylation sites is 1. The SMILES string of the molecule is CCN(Cc1ccncc1)C(=O)O[C@]1(CC)C(=O)OCc2c1cc1n(c2=O)Cc2cc3ccccc3nc2-1. The van der Waals surface area contributed by atoms with E-state index in [2.05, 4.69) is 4.98 Å². The van der Waals surface area contributed by atoms with Gasteiger partial charge in [0.05, 0.1) is 29.0 Å². The number of esters is 1. The summed E-state index contributed by atoms with van der Waals surface area (Å²) in [4.78, 5) is 50.7. The Labute approximate surface area is 218 Å². The van der Waals surface area contributed by atoms with Gasteiger partial charge in [-0.05, 0) is 49.2 Å². The minimum atomic E-state index is -1.75. The number of rotatable bonds is 5. The van der Waals surface area contributed by atoms with Gasteiger partial charge >= 0.3 is 12.1 Å². The molecule has 9 heteroatoms. The lowest BCUT2D eigenvalue weighted by Crippen LogP contribution is -2.49. The van der Waals surface area contributed by atoms with Crippen LogP contribution in [0.2, 0.25) is 0 Å². The van der Waals surface area contributed by atoms with E-state index in [1.807, 2.05) is 49.4 Å². The molecule has 0 saturated heterocycles. The van der Waals surface area contributed by atoms with Gasteiger partial charge in [-0.25, -0.2) is 14.6 Å². The molecule has 1 amide bonds. The van der Waals surface area contributed by atoms with E-state index in [1.165, 1.54) is 4.90 Å². The van der Waals surface area contributed by atoms with Crippen molar-refractivity contribution in [3.05, 3.63) is 93.5 Å². The Morgan fingerprint density at radius 2 is 1.92 bits per heavy atom. The third-order valence-electron chi connectivity index (χ3n) is 7.41. The quantitative estimate of drug-likeness (QED) is 0.327. The maximum absolute atomic E-state index is 13.7. The molecule has 0 fully saturated rings. The molecule has 38 heavy (non-hydrogen) atoms. The predicted molar refractivity (Wildman–Crippen MR) is 139 cm³/mol. The lowest BCUT2D eigenvalue weighted by atomic mass is 9.85. The van der Waals surface area contributed by atoms with Crippen LogP contribution in [-0.2, 0) is 39.6 Å². The number of hydrogen-bond acceptors (Lipinski definition) is 7. The highest BCUT2D eigenvalue weighted by atomic mass is 16.6. The van der Waals surface area contributed by atoms with Gasteiger partial charge in [0, 0.05) is 42.0 Å². The van der Waals surface area contributed by atoms with E-state index < -0.39 is 17.7 Å². The molecule has 1 atom stereocenters. The molecule has 0 N–H and O–H groups in total. The molecule has 0 spiro atoms. The number of cyclic esters (lactones) is 1. The van der Waals surface area contributed by atoms with Crippen LogP contribution in [0.1, 0.15) is 42.5 Å². The number of hydrogen-bond donors (Lipinski definition) is 0. The molecular formula is C29H26N4O5. The molecule has 3 aromatic heterocycles. The third kappa shape index (κ3) is 3.65. The van der Waals surface area contributed by atoms with Gasteiger partial charge in [0.15, 0.2) is 0 Å². The summed E-state index contributed by atoms with van der Waals surface area (Å²) < 4.78 is 13.1. The Morgan fingerprint density at radius 1 is 1.13 bits per heavy atom. The lowest BCUT2D eigenvalue weighted by Gasteiger charge is -2.37. The predicted octanol–water partition coefficient (Wildman–Crippen LogP) is 4.14. The van der Waals surface area contributed by atoms with Gasteiger partial charge in [-0.2, -0.15) is 0 Å². The van der Waals surface area contributed by atoms with Crippen molar-refractivity contribution in [3.63, 3.8) is 0 Å². The van der Waals surface area contributed by atoms with Gasteiger partial charge in [0.1, 0.15) is 6.61 Å². The van der Waals surface area contributed by atoms with Crippen LogP contribution in [0.25, 0.3) is 22.3 Å². The topological polar surface area (TPSA) is 104 Å². The van der Waals surface area contributed by atoms with Gasteiger partial charge in [-0.3, -0.25) is 9.78 Å². The van der Waals surface area contributed by atoms with E-state index in [0.717, 1.165) is 22.0 Å². The van der Waals surface area contributed by atoms with Crippen LogP contribution in [0.5, 0.6) is 0 Å². The molecule has 5 heterocycles. The van der Waals surface area contributed by atoms with Crippen LogP contribution in [-0.4, -0.2) is 38.0 Å². The van der Waals surface area contributed by atoms with Crippen molar-refractivity contribution in [3.8, 4) is 11.4 Å². The first kappa shape index (κ1) is 23.8. The Bertz CT molecular complexity index is 1650. The van der Waals surface area contributed by atoms with Crippen LogP contribution in [0, 0.1) is 0 Å². The molecule has 9 nitrogen and oxygen atoms in total. The molecule has 0 radical (unpaired) electrons. The first-order chi connectivity index (χ1) is 18.4. The average Bonchev–Trinajstić information content (AvgIpc) is 3.30. The zero-order valence-corrected chi connectivity index (χ0v) is 21.1. The fourth-order valence-corrected chi connectivity index (χ4v) is 5.31. The van der Waals surface area contributed by atoms with Crippen LogP contribution >= 0.6 is 0 Å². The third-order valence-corrected chi connectivity index (χ3v) is 7.41. The Morgan fingerprint density at radius 3 is 2.68 bits per heavy atom. The second-order valence-electron chi connectivity index (χ2n) is 9.50. The molecule has 192 valence electrons.